The molecule has 2 aromatic heterocycles. The van der Waals surface area contributed by atoms with Crippen molar-refractivity contribution in [3.05, 3.63) is 53.6 Å². The van der Waals surface area contributed by atoms with E-state index >= 15 is 0 Å². The molecular weight excluding hydrogens is 384 g/mol. The fourth-order valence-corrected chi connectivity index (χ4v) is 3.53. The third-order valence-electron chi connectivity index (χ3n) is 4.88. The zero-order valence-electron chi connectivity index (χ0n) is 17.0. The first-order chi connectivity index (χ1) is 14.6. The van der Waals surface area contributed by atoms with Crippen molar-refractivity contribution in [2.45, 2.75) is 13.5 Å². The van der Waals surface area contributed by atoms with E-state index in [0.717, 1.165) is 5.56 Å². The predicted molar refractivity (Wildman–Crippen MR) is 114 cm³/mol. The smallest absolute Gasteiger partial charge is 0.344 e. The number of aromatic nitrogens is 3. The van der Waals surface area contributed by atoms with Crippen LogP contribution in [0.2, 0.25) is 0 Å². The molecule has 0 saturated carbocycles. The number of esters is 1. The number of fused-ring (bicyclic) bond motifs is 2. The summed E-state index contributed by atoms with van der Waals surface area (Å²) in [6.07, 6.45) is 0. The molecule has 154 valence electrons. The van der Waals surface area contributed by atoms with Crippen molar-refractivity contribution in [2.75, 3.05) is 26.6 Å². The highest BCUT2D eigenvalue weighted by Crippen LogP contribution is 2.34. The van der Waals surface area contributed by atoms with Gasteiger partial charge in [-0.05, 0) is 25.1 Å². The number of nitrogens with two attached hydrogens (primary N) is 1. The molecule has 0 atom stereocenters. The number of para-hydroxylation sites is 3. The minimum atomic E-state index is -0.527. The van der Waals surface area contributed by atoms with Gasteiger partial charge in [-0.3, -0.25) is 0 Å². The fourth-order valence-electron chi connectivity index (χ4n) is 3.53. The molecule has 0 saturated heterocycles. The van der Waals surface area contributed by atoms with Crippen LogP contribution >= 0.6 is 0 Å². The van der Waals surface area contributed by atoms with Gasteiger partial charge in [0.15, 0.2) is 17.1 Å². The molecule has 0 radical (unpaired) electrons. The van der Waals surface area contributed by atoms with Crippen LogP contribution in [-0.4, -0.2) is 41.3 Å². The third-order valence-corrected chi connectivity index (χ3v) is 4.88. The number of carbonyl (C=O) groups excluding carboxylic acids is 1. The molecule has 8 heteroatoms. The van der Waals surface area contributed by atoms with Gasteiger partial charge in [0.2, 0.25) is 0 Å². The summed E-state index contributed by atoms with van der Waals surface area (Å²) in [4.78, 5) is 22.1. The molecule has 0 bridgehead atoms. The summed E-state index contributed by atoms with van der Waals surface area (Å²) in [7, 11) is 3.16. The lowest BCUT2D eigenvalue weighted by atomic mass is 10.2. The van der Waals surface area contributed by atoms with Crippen molar-refractivity contribution in [3.63, 3.8) is 0 Å². The van der Waals surface area contributed by atoms with E-state index in [1.54, 1.807) is 25.7 Å². The summed E-state index contributed by atoms with van der Waals surface area (Å²) >= 11 is 0. The molecule has 30 heavy (non-hydrogen) atoms. The van der Waals surface area contributed by atoms with Gasteiger partial charge in [-0.2, -0.15) is 0 Å². The molecule has 0 aliphatic heterocycles. The van der Waals surface area contributed by atoms with Crippen LogP contribution in [0.1, 0.15) is 22.8 Å². The fraction of sp³-hybridized carbons (Fsp3) is 0.227. The number of hydrogen-bond donors (Lipinski definition) is 1. The Hall–Kier alpha value is -3.81. The Kier molecular flexibility index (Phi) is 5.14. The Morgan fingerprint density at radius 3 is 2.43 bits per heavy atom. The molecule has 2 heterocycles. The molecule has 0 spiro atoms. The van der Waals surface area contributed by atoms with E-state index in [1.807, 2.05) is 42.5 Å². The molecule has 0 aliphatic rings. The molecule has 0 unspecified atom stereocenters. The van der Waals surface area contributed by atoms with Crippen LogP contribution in [0.15, 0.2) is 42.5 Å². The van der Waals surface area contributed by atoms with Crippen molar-refractivity contribution in [1.29, 1.82) is 0 Å². The lowest BCUT2D eigenvalue weighted by Gasteiger charge is -2.14. The van der Waals surface area contributed by atoms with Gasteiger partial charge in [0.05, 0.1) is 38.4 Å². The topological polar surface area (TPSA) is 101 Å². The number of methoxy groups -OCH3 is 2. The van der Waals surface area contributed by atoms with Gasteiger partial charge >= 0.3 is 5.97 Å². The van der Waals surface area contributed by atoms with Crippen LogP contribution in [0.3, 0.4) is 0 Å². The van der Waals surface area contributed by atoms with E-state index in [9.17, 15) is 4.79 Å². The molecule has 0 aliphatic carbocycles. The second-order valence-corrected chi connectivity index (χ2v) is 6.60. The summed E-state index contributed by atoms with van der Waals surface area (Å²) < 4.78 is 17.9. The Bertz CT molecular complexity index is 1250. The van der Waals surface area contributed by atoms with Gasteiger partial charge in [0.25, 0.3) is 0 Å². The minimum absolute atomic E-state index is 0.215. The minimum Gasteiger partial charge on any atom is -0.493 e. The van der Waals surface area contributed by atoms with Crippen LogP contribution in [0.25, 0.3) is 22.2 Å². The maximum atomic E-state index is 12.7. The average Bonchev–Trinajstić information content (AvgIpc) is 3.02. The number of nitrogens with zero attached hydrogens (tertiary/aromatic N) is 3. The van der Waals surface area contributed by atoms with Crippen LogP contribution in [-0.2, 0) is 11.3 Å². The Balaban J connectivity index is 1.97. The monoisotopic (exact) mass is 406 g/mol. The van der Waals surface area contributed by atoms with E-state index in [-0.39, 0.29) is 18.0 Å². The number of hydrogen-bond acceptors (Lipinski definition) is 7. The predicted octanol–water partition coefficient (Wildman–Crippen LogP) is 3.41. The van der Waals surface area contributed by atoms with Crippen LogP contribution in [0, 0.1) is 0 Å². The second kappa shape index (κ2) is 7.90. The second-order valence-electron chi connectivity index (χ2n) is 6.60. The Labute approximate surface area is 173 Å². The van der Waals surface area contributed by atoms with E-state index in [4.69, 9.17) is 24.9 Å². The van der Waals surface area contributed by atoms with E-state index < -0.39 is 5.97 Å². The maximum Gasteiger partial charge on any atom is 0.344 e. The molecule has 0 amide bonds. The molecule has 4 aromatic rings. The SMILES string of the molecule is CCOC(=O)c1c(N)n(Cc2cccc(OC)c2OC)c2nc3ccccc3nc12. The number of nitrogen functional groups attached to an aromatic ring is 1. The quantitative estimate of drug-likeness (QED) is 0.490. The van der Waals surface area contributed by atoms with Gasteiger partial charge in [0.1, 0.15) is 16.9 Å². The highest BCUT2D eigenvalue weighted by molar-refractivity contribution is 6.08. The molecule has 8 nitrogen and oxygen atoms in total. The average molecular weight is 406 g/mol. The zero-order valence-corrected chi connectivity index (χ0v) is 17.0. The largest absolute Gasteiger partial charge is 0.493 e. The first kappa shape index (κ1) is 19.5. The molecule has 2 aromatic carbocycles. The van der Waals surface area contributed by atoms with Crippen molar-refractivity contribution >= 4 is 34.0 Å². The number of benzene rings is 2. The van der Waals surface area contributed by atoms with E-state index in [0.29, 0.717) is 40.2 Å². The molecule has 4 rings (SSSR count). The van der Waals surface area contributed by atoms with Gasteiger partial charge < -0.3 is 24.5 Å². The van der Waals surface area contributed by atoms with Crippen LogP contribution < -0.4 is 15.2 Å². The van der Waals surface area contributed by atoms with Gasteiger partial charge in [-0.25, -0.2) is 14.8 Å². The summed E-state index contributed by atoms with van der Waals surface area (Å²) in [5.41, 5.74) is 9.76. The third kappa shape index (κ3) is 3.16. The van der Waals surface area contributed by atoms with Crippen molar-refractivity contribution < 1.29 is 19.0 Å². The first-order valence-corrected chi connectivity index (χ1v) is 9.50. The van der Waals surface area contributed by atoms with Crippen molar-refractivity contribution in [3.8, 4) is 11.5 Å². The maximum absolute atomic E-state index is 12.7. The first-order valence-electron chi connectivity index (χ1n) is 9.50. The Morgan fingerprint density at radius 1 is 1.03 bits per heavy atom. The summed E-state index contributed by atoms with van der Waals surface area (Å²) in [5, 5.41) is 0. The van der Waals surface area contributed by atoms with E-state index in [1.165, 1.54) is 0 Å². The normalized spacial score (nSPS) is 11.0. The van der Waals surface area contributed by atoms with Gasteiger partial charge in [0, 0.05) is 5.56 Å². The van der Waals surface area contributed by atoms with Crippen LogP contribution in [0.4, 0.5) is 5.82 Å². The van der Waals surface area contributed by atoms with Gasteiger partial charge in [-0.15, -0.1) is 0 Å². The number of rotatable bonds is 6. The number of anilines is 1. The van der Waals surface area contributed by atoms with Crippen LogP contribution in [0.5, 0.6) is 11.5 Å². The molecule has 0 fully saturated rings. The lowest BCUT2D eigenvalue weighted by Crippen LogP contribution is -2.11. The Morgan fingerprint density at radius 2 is 1.77 bits per heavy atom. The highest BCUT2D eigenvalue weighted by Gasteiger charge is 2.25. The zero-order chi connectivity index (χ0) is 21.3. The lowest BCUT2D eigenvalue weighted by molar-refractivity contribution is 0.0529. The van der Waals surface area contributed by atoms with Crippen molar-refractivity contribution in [2.24, 2.45) is 0 Å². The van der Waals surface area contributed by atoms with Crippen molar-refractivity contribution in [1.82, 2.24) is 14.5 Å². The standard InChI is InChI=1S/C22H22N4O4/c1-4-30-22(27)17-18-21(25-15-10-6-5-9-14(15)24-18)26(20(17)23)12-13-8-7-11-16(28-2)19(13)29-3/h5-11H,4,12,23H2,1-3H3. The molecular formula is C22H22N4O4. The summed E-state index contributed by atoms with van der Waals surface area (Å²) in [5.74, 6) is 0.907. The highest BCUT2D eigenvalue weighted by atomic mass is 16.5. The number of ether oxygens (including phenoxy) is 3. The summed E-state index contributed by atoms with van der Waals surface area (Å²) in [6.45, 7) is 2.29. The van der Waals surface area contributed by atoms with Gasteiger partial charge in [-0.1, -0.05) is 24.3 Å². The summed E-state index contributed by atoms with van der Waals surface area (Å²) in [6, 6.07) is 13.1. The van der Waals surface area contributed by atoms with E-state index in [2.05, 4.69) is 4.98 Å². The number of carbonyl (C=O) groups is 1. The molecule has 2 N–H and O–H groups in total.